The summed E-state index contributed by atoms with van der Waals surface area (Å²) in [6.45, 7) is 10.1. The summed E-state index contributed by atoms with van der Waals surface area (Å²) in [4.78, 5) is 19.2. The third-order valence-corrected chi connectivity index (χ3v) is 5.47. The van der Waals surface area contributed by atoms with E-state index in [2.05, 4.69) is 26.1 Å². The van der Waals surface area contributed by atoms with Crippen LogP contribution in [0.15, 0.2) is 30.3 Å². The highest BCUT2D eigenvalue weighted by Crippen LogP contribution is 2.19. The van der Waals surface area contributed by atoms with Gasteiger partial charge in [-0.1, -0.05) is 17.7 Å². The highest BCUT2D eigenvalue weighted by atomic mass is 16.5. The van der Waals surface area contributed by atoms with Crippen LogP contribution in [0.1, 0.15) is 21.5 Å². The molecule has 2 aromatic rings. The first kappa shape index (κ1) is 18.7. The fourth-order valence-corrected chi connectivity index (χ4v) is 3.81. The molecular formula is C21H27N5O2. The van der Waals surface area contributed by atoms with Gasteiger partial charge in [-0.05, 0) is 37.6 Å². The Hall–Kier alpha value is -2.67. The van der Waals surface area contributed by atoms with Crippen LogP contribution >= 0.6 is 0 Å². The van der Waals surface area contributed by atoms with E-state index in [1.54, 1.807) is 0 Å². The molecule has 2 saturated heterocycles. The standard InChI is InChI=1S/C21H27N5O2/c1-16-3-4-18(17(2)15-16)21(27)26-9-7-24(8-10-26)19-5-6-20(23-22-19)25-11-13-28-14-12-25/h3-6,15H,7-14H2,1-2H3. The number of amides is 1. The van der Waals surface area contributed by atoms with Crippen molar-refractivity contribution < 1.29 is 9.53 Å². The molecule has 4 rings (SSSR count). The minimum atomic E-state index is 0.117. The number of rotatable bonds is 3. The number of morpholine rings is 1. The molecule has 0 N–H and O–H groups in total. The number of aryl methyl sites for hydroxylation is 2. The summed E-state index contributed by atoms with van der Waals surface area (Å²) in [7, 11) is 0. The van der Waals surface area contributed by atoms with Gasteiger partial charge in [-0.3, -0.25) is 4.79 Å². The van der Waals surface area contributed by atoms with E-state index in [4.69, 9.17) is 4.74 Å². The lowest BCUT2D eigenvalue weighted by molar-refractivity contribution is 0.0745. The molecule has 28 heavy (non-hydrogen) atoms. The van der Waals surface area contributed by atoms with Crippen LogP contribution in [0, 0.1) is 13.8 Å². The van der Waals surface area contributed by atoms with E-state index in [0.29, 0.717) is 13.1 Å². The van der Waals surface area contributed by atoms with Gasteiger partial charge in [0.25, 0.3) is 5.91 Å². The first-order valence-electron chi connectivity index (χ1n) is 9.90. The molecule has 0 spiro atoms. The number of nitrogens with zero attached hydrogens (tertiary/aromatic N) is 5. The molecule has 1 amide bonds. The first-order valence-corrected chi connectivity index (χ1v) is 9.90. The molecular weight excluding hydrogens is 354 g/mol. The second kappa shape index (κ2) is 8.14. The Morgan fingerprint density at radius 2 is 1.46 bits per heavy atom. The van der Waals surface area contributed by atoms with E-state index in [0.717, 1.165) is 62.2 Å². The van der Waals surface area contributed by atoms with E-state index >= 15 is 0 Å². The maximum Gasteiger partial charge on any atom is 0.254 e. The highest BCUT2D eigenvalue weighted by molar-refractivity contribution is 5.95. The normalized spacial score (nSPS) is 17.7. The molecule has 7 heteroatoms. The van der Waals surface area contributed by atoms with Gasteiger partial charge in [0, 0.05) is 44.8 Å². The van der Waals surface area contributed by atoms with Crippen molar-refractivity contribution >= 4 is 17.5 Å². The number of benzene rings is 1. The lowest BCUT2D eigenvalue weighted by Crippen LogP contribution is -2.49. The fraction of sp³-hybridized carbons (Fsp3) is 0.476. The maximum atomic E-state index is 12.9. The van der Waals surface area contributed by atoms with Crippen LogP contribution in [0.25, 0.3) is 0 Å². The van der Waals surface area contributed by atoms with Crippen LogP contribution < -0.4 is 9.80 Å². The number of hydrogen-bond acceptors (Lipinski definition) is 6. The number of ether oxygens (including phenoxy) is 1. The average Bonchev–Trinajstić information content (AvgIpc) is 2.74. The fourth-order valence-electron chi connectivity index (χ4n) is 3.81. The summed E-state index contributed by atoms with van der Waals surface area (Å²) >= 11 is 0. The van der Waals surface area contributed by atoms with Crippen molar-refractivity contribution in [2.75, 3.05) is 62.3 Å². The summed E-state index contributed by atoms with van der Waals surface area (Å²) in [5, 5.41) is 8.82. The molecule has 7 nitrogen and oxygen atoms in total. The molecule has 1 aromatic carbocycles. The van der Waals surface area contributed by atoms with E-state index in [-0.39, 0.29) is 5.91 Å². The van der Waals surface area contributed by atoms with Crippen molar-refractivity contribution in [3.63, 3.8) is 0 Å². The van der Waals surface area contributed by atoms with Crippen molar-refractivity contribution in [1.29, 1.82) is 0 Å². The monoisotopic (exact) mass is 381 g/mol. The van der Waals surface area contributed by atoms with Crippen LogP contribution in [0.4, 0.5) is 11.6 Å². The second-order valence-electron chi connectivity index (χ2n) is 7.45. The average molecular weight is 381 g/mol. The lowest BCUT2D eigenvalue weighted by atomic mass is 10.0. The number of carbonyl (C=O) groups excluding carboxylic acids is 1. The van der Waals surface area contributed by atoms with E-state index < -0.39 is 0 Å². The zero-order valence-electron chi connectivity index (χ0n) is 16.6. The van der Waals surface area contributed by atoms with Crippen molar-refractivity contribution in [3.05, 3.63) is 47.0 Å². The molecule has 2 fully saturated rings. The van der Waals surface area contributed by atoms with Crippen LogP contribution in [-0.2, 0) is 4.74 Å². The Morgan fingerprint density at radius 3 is 2.04 bits per heavy atom. The first-order chi connectivity index (χ1) is 13.6. The van der Waals surface area contributed by atoms with Crippen molar-refractivity contribution in [2.45, 2.75) is 13.8 Å². The van der Waals surface area contributed by atoms with Crippen LogP contribution in [0.3, 0.4) is 0 Å². The van der Waals surface area contributed by atoms with Gasteiger partial charge >= 0.3 is 0 Å². The van der Waals surface area contributed by atoms with Gasteiger partial charge in [0.1, 0.15) is 0 Å². The Bertz CT molecular complexity index is 825. The molecule has 0 bridgehead atoms. The number of anilines is 2. The molecule has 0 aliphatic carbocycles. The second-order valence-corrected chi connectivity index (χ2v) is 7.45. The number of hydrogen-bond donors (Lipinski definition) is 0. The molecule has 0 saturated carbocycles. The molecule has 0 unspecified atom stereocenters. The highest BCUT2D eigenvalue weighted by Gasteiger charge is 2.24. The van der Waals surface area contributed by atoms with Crippen LogP contribution in [0.5, 0.6) is 0 Å². The maximum absolute atomic E-state index is 12.9. The minimum absolute atomic E-state index is 0.117. The molecule has 3 heterocycles. The largest absolute Gasteiger partial charge is 0.378 e. The quantitative estimate of drug-likeness (QED) is 0.809. The van der Waals surface area contributed by atoms with Gasteiger partial charge in [0.05, 0.1) is 13.2 Å². The van der Waals surface area contributed by atoms with Gasteiger partial charge < -0.3 is 19.4 Å². The minimum Gasteiger partial charge on any atom is -0.378 e. The molecule has 2 aliphatic heterocycles. The van der Waals surface area contributed by atoms with E-state index in [1.165, 1.54) is 5.56 Å². The van der Waals surface area contributed by atoms with Crippen LogP contribution in [-0.4, -0.2) is 73.5 Å². The third-order valence-electron chi connectivity index (χ3n) is 5.47. The van der Waals surface area contributed by atoms with Gasteiger partial charge in [-0.15, -0.1) is 10.2 Å². The SMILES string of the molecule is Cc1ccc(C(=O)N2CCN(c3ccc(N4CCOCC4)nn3)CC2)c(C)c1. The Labute approximate surface area is 165 Å². The van der Waals surface area contributed by atoms with Crippen LogP contribution in [0.2, 0.25) is 0 Å². The third kappa shape index (κ3) is 3.94. The summed E-state index contributed by atoms with van der Waals surface area (Å²) in [6, 6.07) is 10.1. The Kier molecular flexibility index (Phi) is 5.43. The Morgan fingerprint density at radius 1 is 0.857 bits per heavy atom. The predicted octanol–water partition coefficient (Wildman–Crippen LogP) is 1.89. The number of carbonyl (C=O) groups is 1. The predicted molar refractivity (Wildman–Crippen MR) is 109 cm³/mol. The summed E-state index contributed by atoms with van der Waals surface area (Å²) in [5.74, 6) is 1.89. The van der Waals surface area contributed by atoms with Gasteiger partial charge in [-0.25, -0.2) is 0 Å². The number of aromatic nitrogens is 2. The topological polar surface area (TPSA) is 61.8 Å². The van der Waals surface area contributed by atoms with Crippen molar-refractivity contribution in [1.82, 2.24) is 15.1 Å². The number of piperazine rings is 1. The zero-order valence-corrected chi connectivity index (χ0v) is 16.6. The smallest absolute Gasteiger partial charge is 0.254 e. The van der Waals surface area contributed by atoms with Crippen molar-refractivity contribution in [3.8, 4) is 0 Å². The zero-order chi connectivity index (χ0) is 19.5. The van der Waals surface area contributed by atoms with E-state index in [1.807, 2.05) is 43.0 Å². The van der Waals surface area contributed by atoms with Gasteiger partial charge in [0.15, 0.2) is 11.6 Å². The summed E-state index contributed by atoms with van der Waals surface area (Å²) < 4.78 is 5.38. The molecule has 0 atom stereocenters. The summed E-state index contributed by atoms with van der Waals surface area (Å²) in [6.07, 6.45) is 0. The van der Waals surface area contributed by atoms with Crippen molar-refractivity contribution in [2.24, 2.45) is 0 Å². The van der Waals surface area contributed by atoms with Gasteiger partial charge in [-0.2, -0.15) is 0 Å². The van der Waals surface area contributed by atoms with E-state index in [9.17, 15) is 4.79 Å². The summed E-state index contributed by atoms with van der Waals surface area (Å²) in [5.41, 5.74) is 3.02. The van der Waals surface area contributed by atoms with Gasteiger partial charge in [0.2, 0.25) is 0 Å². The molecule has 0 radical (unpaired) electrons. The Balaban J connectivity index is 1.36. The molecule has 148 valence electrons. The molecule has 1 aromatic heterocycles. The lowest BCUT2D eigenvalue weighted by Gasteiger charge is -2.35. The molecule has 2 aliphatic rings.